The van der Waals surface area contributed by atoms with Crippen LogP contribution in [0.15, 0.2) is 149 Å². The van der Waals surface area contributed by atoms with Crippen molar-refractivity contribution in [2.24, 2.45) is 20.0 Å². The molecule has 0 unspecified atom stereocenters. The second kappa shape index (κ2) is 9.06. The molecule has 7 aromatic carbocycles. The van der Waals surface area contributed by atoms with E-state index in [0.29, 0.717) is 34.4 Å². The molecule has 0 aromatic heterocycles. The highest BCUT2D eigenvalue weighted by Gasteiger charge is 2.29. The number of rotatable bonds is 0. The van der Waals surface area contributed by atoms with E-state index in [1.54, 1.807) is 23.5 Å². The highest BCUT2D eigenvalue weighted by molar-refractivity contribution is 8.00. The van der Waals surface area contributed by atoms with Crippen LogP contribution in [0.3, 0.4) is 0 Å². The van der Waals surface area contributed by atoms with Crippen molar-refractivity contribution in [1.29, 1.82) is 0 Å². The molecule has 8 heteroatoms. The van der Waals surface area contributed by atoms with Gasteiger partial charge in [0.05, 0.1) is 31.9 Å². The van der Waals surface area contributed by atoms with Gasteiger partial charge in [0, 0.05) is 37.4 Å². The minimum absolute atomic E-state index is 0.624. The van der Waals surface area contributed by atoms with Gasteiger partial charge in [-0.2, -0.15) is 0 Å². The lowest BCUT2D eigenvalue weighted by atomic mass is 10.1. The van der Waals surface area contributed by atoms with Crippen molar-refractivity contribution >= 4 is 67.8 Å². The third-order valence-electron chi connectivity index (χ3n) is 8.70. The number of hydrogen-bond acceptors (Lipinski definition) is 8. The molecule has 0 radical (unpaired) electrons. The van der Waals surface area contributed by atoms with Crippen molar-refractivity contribution in [3.8, 4) is 23.0 Å². The van der Waals surface area contributed by atoms with Gasteiger partial charge in [-0.25, -0.2) is 20.0 Å². The summed E-state index contributed by atoms with van der Waals surface area (Å²) in [5.41, 5.74) is 3.35. The predicted molar refractivity (Wildman–Crippen MR) is 179 cm³/mol. The molecule has 4 aliphatic heterocycles. The standard InChI is InChI=1S/C38H18N4O2S2/c1-3-11-21-19(9-1)31-35(37-33(21)39-23-13-5-7-15-29(23)45-37)43-27-18-28-26(17-25(27)41-31)42-32-20-10-2-4-12-22(20)34-38(36(32)44-28)46-30-16-8-6-14-24(30)40-34/h1-18H. The van der Waals surface area contributed by atoms with E-state index < -0.39 is 0 Å². The van der Waals surface area contributed by atoms with Gasteiger partial charge in [0.1, 0.15) is 22.1 Å². The number of para-hydroxylation sites is 2. The number of fused-ring (bicyclic) bond motifs is 16. The topological polar surface area (TPSA) is 67.9 Å². The second-order valence-corrected chi connectivity index (χ2v) is 13.5. The van der Waals surface area contributed by atoms with Crippen molar-refractivity contribution in [3.05, 3.63) is 131 Å². The monoisotopic (exact) mass is 626 g/mol. The number of nitrogens with zero attached hydrogens (tertiary/aromatic N) is 4. The molecule has 0 spiro atoms. The Balaban J connectivity index is 1.16. The van der Waals surface area contributed by atoms with Crippen molar-refractivity contribution in [3.63, 3.8) is 0 Å². The Morgan fingerprint density at radius 1 is 0.391 bits per heavy atom. The Labute approximate surface area is 269 Å². The number of hydrogen-bond donors (Lipinski definition) is 0. The maximum absolute atomic E-state index is 6.76. The molecular formula is C38H18N4O2S2. The molecule has 4 heterocycles. The Morgan fingerprint density at radius 2 is 0.783 bits per heavy atom. The fourth-order valence-corrected chi connectivity index (χ4v) is 8.74. The van der Waals surface area contributed by atoms with Gasteiger partial charge in [-0.3, -0.25) is 0 Å². The molecule has 11 rings (SSSR count). The number of ether oxygens (including phenoxy) is 2. The maximum atomic E-state index is 6.76. The van der Waals surface area contributed by atoms with E-state index in [1.165, 1.54) is 0 Å². The summed E-state index contributed by atoms with van der Waals surface area (Å²) < 4.78 is 13.5. The summed E-state index contributed by atoms with van der Waals surface area (Å²) in [6.45, 7) is 0. The van der Waals surface area contributed by atoms with Crippen LogP contribution in [0, 0.1) is 0 Å². The first-order valence-corrected chi connectivity index (χ1v) is 16.5. The molecule has 7 aromatic rings. The summed E-state index contributed by atoms with van der Waals surface area (Å²) in [5.74, 6) is 2.68. The van der Waals surface area contributed by atoms with Crippen molar-refractivity contribution in [1.82, 2.24) is 0 Å². The van der Waals surface area contributed by atoms with Gasteiger partial charge in [-0.05, 0) is 30.3 Å². The smallest absolute Gasteiger partial charge is 0.169 e. The first-order chi connectivity index (χ1) is 22.8. The predicted octanol–water partition coefficient (Wildman–Crippen LogP) is 8.94. The van der Waals surface area contributed by atoms with Gasteiger partial charge in [-0.15, -0.1) is 0 Å². The van der Waals surface area contributed by atoms with Crippen LogP contribution in [-0.4, -0.2) is 0 Å². The van der Waals surface area contributed by atoms with E-state index in [-0.39, 0.29) is 0 Å². The van der Waals surface area contributed by atoms with Gasteiger partial charge in [-0.1, -0.05) is 96.3 Å². The van der Waals surface area contributed by atoms with E-state index in [4.69, 9.17) is 29.4 Å². The van der Waals surface area contributed by atoms with E-state index in [0.717, 1.165) is 73.9 Å². The Morgan fingerprint density at radius 3 is 1.26 bits per heavy atom. The Kier molecular flexibility index (Phi) is 4.89. The highest BCUT2D eigenvalue weighted by Crippen LogP contribution is 2.50. The first kappa shape index (κ1) is 24.8. The Bertz CT molecular complexity index is 2640. The zero-order valence-electron chi connectivity index (χ0n) is 23.8. The highest BCUT2D eigenvalue weighted by atomic mass is 32.2. The first-order valence-electron chi connectivity index (χ1n) is 14.9. The third kappa shape index (κ3) is 3.40. The molecule has 6 nitrogen and oxygen atoms in total. The van der Waals surface area contributed by atoms with Gasteiger partial charge in [0.15, 0.2) is 23.0 Å². The average Bonchev–Trinajstić information content (AvgIpc) is 3.11. The van der Waals surface area contributed by atoms with E-state index in [1.807, 2.05) is 60.7 Å². The lowest BCUT2D eigenvalue weighted by molar-refractivity contribution is 0.437. The molecule has 46 heavy (non-hydrogen) atoms. The molecule has 4 aliphatic rings. The molecule has 0 saturated heterocycles. The molecule has 0 atom stereocenters. The summed E-state index contributed by atoms with van der Waals surface area (Å²) in [7, 11) is 0. The molecule has 0 aliphatic carbocycles. The lowest BCUT2D eigenvalue weighted by Crippen LogP contribution is -2.22. The van der Waals surface area contributed by atoms with Crippen LogP contribution in [0.2, 0.25) is 0 Å². The van der Waals surface area contributed by atoms with E-state index in [9.17, 15) is 0 Å². The van der Waals surface area contributed by atoms with E-state index in [2.05, 4.69) is 48.5 Å². The molecule has 0 bridgehead atoms. The average molecular weight is 627 g/mol. The van der Waals surface area contributed by atoms with Crippen LogP contribution in [0.4, 0.5) is 22.7 Å². The second-order valence-electron chi connectivity index (χ2n) is 11.4. The summed E-state index contributed by atoms with van der Waals surface area (Å²) in [6.07, 6.45) is 0. The zero-order valence-corrected chi connectivity index (χ0v) is 25.4. The van der Waals surface area contributed by atoms with Gasteiger partial charge in [0.25, 0.3) is 0 Å². The van der Waals surface area contributed by atoms with Crippen molar-refractivity contribution in [2.75, 3.05) is 0 Å². The van der Waals surface area contributed by atoms with Gasteiger partial charge in [0.2, 0.25) is 0 Å². The van der Waals surface area contributed by atoms with Crippen LogP contribution in [-0.2, 0) is 0 Å². The van der Waals surface area contributed by atoms with E-state index >= 15 is 0 Å². The maximum Gasteiger partial charge on any atom is 0.169 e. The SMILES string of the molecule is c1ccc2c(c1)N=c1c(c3c(c4ccccc14)=Nc1cc4c(cc1O3)Oc1c3c(c5ccccc5c1=N4)=Nc1ccccc1S3)S2. The van der Waals surface area contributed by atoms with Crippen molar-refractivity contribution < 1.29 is 9.47 Å². The minimum atomic E-state index is 0.624. The van der Waals surface area contributed by atoms with Crippen LogP contribution >= 0.6 is 23.5 Å². The Hall–Kier alpha value is -5.44. The van der Waals surface area contributed by atoms with Gasteiger partial charge < -0.3 is 9.47 Å². The van der Waals surface area contributed by atoms with Crippen LogP contribution in [0.5, 0.6) is 23.0 Å². The summed E-state index contributed by atoms with van der Waals surface area (Å²) in [6, 6.07) is 36.9. The number of benzene rings is 7. The normalized spacial score (nSPS) is 14.1. The van der Waals surface area contributed by atoms with Crippen molar-refractivity contribution in [2.45, 2.75) is 19.6 Å². The van der Waals surface area contributed by atoms with Crippen LogP contribution < -0.4 is 30.9 Å². The third-order valence-corrected chi connectivity index (χ3v) is 11.0. The van der Waals surface area contributed by atoms with Crippen LogP contribution in [0.1, 0.15) is 0 Å². The molecular weight excluding hydrogens is 609 g/mol. The fraction of sp³-hybridized carbons (Fsp3) is 0. The summed E-state index contributed by atoms with van der Waals surface area (Å²) in [5, 5.41) is 7.53. The molecule has 0 N–H and O–H groups in total. The van der Waals surface area contributed by atoms with Gasteiger partial charge >= 0.3 is 0 Å². The van der Waals surface area contributed by atoms with Crippen LogP contribution in [0.25, 0.3) is 21.5 Å². The quantitative estimate of drug-likeness (QED) is 0.169. The largest absolute Gasteiger partial charge is 0.451 e. The summed E-state index contributed by atoms with van der Waals surface area (Å²) in [4.78, 5) is 24.7. The minimum Gasteiger partial charge on any atom is -0.451 e. The molecule has 214 valence electrons. The molecule has 0 amide bonds. The molecule has 0 fully saturated rings. The fourth-order valence-electron chi connectivity index (χ4n) is 6.60. The molecule has 0 saturated carbocycles. The zero-order chi connectivity index (χ0) is 29.9. The summed E-state index contributed by atoms with van der Waals surface area (Å²) >= 11 is 3.35. The lowest BCUT2D eigenvalue weighted by Gasteiger charge is -2.24.